The van der Waals surface area contributed by atoms with Crippen molar-refractivity contribution in [3.05, 3.63) is 0 Å². The van der Waals surface area contributed by atoms with Gasteiger partial charge in [0.25, 0.3) is 0 Å². The van der Waals surface area contributed by atoms with E-state index in [9.17, 15) is 4.79 Å². The molecule has 0 radical (unpaired) electrons. The quantitative estimate of drug-likeness (QED) is 0.383. The number of carbonyl (C=O) groups is 1. The van der Waals surface area contributed by atoms with Crippen LogP contribution >= 0.6 is 24.0 Å². The minimum Gasteiger partial charge on any atom is -0.359 e. The van der Waals surface area contributed by atoms with Crippen LogP contribution in [0.5, 0.6) is 0 Å². The Morgan fingerprint density at radius 1 is 1.26 bits per heavy atom. The summed E-state index contributed by atoms with van der Waals surface area (Å²) in [5.41, 5.74) is -0.465. The Balaban J connectivity index is 0. The van der Waals surface area contributed by atoms with Crippen molar-refractivity contribution in [2.45, 2.75) is 40.7 Å². The molecule has 0 aromatic carbocycles. The van der Waals surface area contributed by atoms with Crippen LogP contribution in [0.1, 0.15) is 34.6 Å². The molecular weight excluding hydrogens is 355 g/mol. The van der Waals surface area contributed by atoms with Gasteiger partial charge in [0, 0.05) is 26.7 Å². The second kappa shape index (κ2) is 9.39. The predicted molar refractivity (Wildman–Crippen MR) is 92.1 cm³/mol. The first kappa shape index (κ1) is 20.8. The highest BCUT2D eigenvalue weighted by molar-refractivity contribution is 14.0. The van der Waals surface area contributed by atoms with Gasteiger partial charge in [-0.2, -0.15) is 0 Å². The maximum Gasteiger partial charge on any atom is 0.227 e. The van der Waals surface area contributed by atoms with Gasteiger partial charge in [0.2, 0.25) is 5.91 Å². The number of nitrogens with zero attached hydrogens (tertiary/aromatic N) is 1. The van der Waals surface area contributed by atoms with Gasteiger partial charge in [0.1, 0.15) is 0 Å². The van der Waals surface area contributed by atoms with Crippen molar-refractivity contribution in [3.8, 4) is 0 Å². The Bertz CT molecular complexity index is 303. The van der Waals surface area contributed by atoms with Gasteiger partial charge < -0.3 is 16.0 Å². The average molecular weight is 384 g/mol. The lowest BCUT2D eigenvalue weighted by Crippen LogP contribution is -2.49. The molecule has 19 heavy (non-hydrogen) atoms. The van der Waals surface area contributed by atoms with Crippen LogP contribution in [-0.2, 0) is 4.79 Å². The molecule has 0 aliphatic rings. The van der Waals surface area contributed by atoms with Crippen LogP contribution in [0.15, 0.2) is 4.99 Å². The summed E-state index contributed by atoms with van der Waals surface area (Å²) in [4.78, 5) is 15.8. The van der Waals surface area contributed by atoms with E-state index in [0.29, 0.717) is 18.5 Å². The zero-order valence-electron chi connectivity index (χ0n) is 13.1. The third-order valence-electron chi connectivity index (χ3n) is 3.13. The Hall–Kier alpha value is -0.530. The topological polar surface area (TPSA) is 65.5 Å². The fourth-order valence-electron chi connectivity index (χ4n) is 1.30. The third kappa shape index (κ3) is 7.59. The van der Waals surface area contributed by atoms with Gasteiger partial charge in [0.15, 0.2) is 5.96 Å². The first-order chi connectivity index (χ1) is 8.24. The third-order valence-corrected chi connectivity index (χ3v) is 3.13. The van der Waals surface area contributed by atoms with Crippen molar-refractivity contribution in [1.82, 2.24) is 16.0 Å². The molecular formula is C13H29IN4O. The van der Waals surface area contributed by atoms with Gasteiger partial charge in [-0.1, -0.05) is 13.8 Å². The summed E-state index contributed by atoms with van der Waals surface area (Å²) in [6.07, 6.45) is 0. The standard InChI is InChI=1S/C13H28N4O.HI/c1-9(2)10(3)17-12(15-7)16-8-13(4,5)11(18)14-6;/h9-10H,8H2,1-7H3,(H,14,18)(H2,15,16,17);1H. The van der Waals surface area contributed by atoms with Crippen molar-refractivity contribution >= 4 is 35.8 Å². The zero-order valence-corrected chi connectivity index (χ0v) is 15.5. The van der Waals surface area contributed by atoms with E-state index in [1.54, 1.807) is 14.1 Å². The number of halogens is 1. The predicted octanol–water partition coefficient (Wildman–Crippen LogP) is 1.59. The molecule has 0 aliphatic heterocycles. The van der Waals surface area contributed by atoms with Gasteiger partial charge in [-0.3, -0.25) is 9.79 Å². The number of nitrogens with one attached hydrogen (secondary N) is 3. The number of hydrogen-bond acceptors (Lipinski definition) is 2. The number of carbonyl (C=O) groups excluding carboxylic acids is 1. The van der Waals surface area contributed by atoms with E-state index < -0.39 is 5.41 Å². The second-order valence-corrected chi connectivity index (χ2v) is 5.57. The summed E-state index contributed by atoms with van der Waals surface area (Å²) in [7, 11) is 3.38. The lowest BCUT2D eigenvalue weighted by atomic mass is 9.92. The number of rotatable bonds is 5. The lowest BCUT2D eigenvalue weighted by molar-refractivity contribution is -0.128. The molecule has 0 aromatic heterocycles. The van der Waals surface area contributed by atoms with Crippen molar-refractivity contribution in [2.75, 3.05) is 20.6 Å². The smallest absolute Gasteiger partial charge is 0.227 e. The van der Waals surface area contributed by atoms with E-state index in [1.165, 1.54) is 0 Å². The highest BCUT2D eigenvalue weighted by Crippen LogP contribution is 2.13. The summed E-state index contributed by atoms with van der Waals surface area (Å²) in [5.74, 6) is 1.27. The molecule has 114 valence electrons. The van der Waals surface area contributed by atoms with Gasteiger partial charge in [-0.25, -0.2) is 0 Å². The molecule has 6 heteroatoms. The molecule has 0 heterocycles. The van der Waals surface area contributed by atoms with Crippen molar-refractivity contribution in [3.63, 3.8) is 0 Å². The molecule has 0 bridgehead atoms. The SMILES string of the molecule is CN=C(NCC(C)(C)C(=O)NC)NC(C)C(C)C.I. The summed E-state index contributed by atoms with van der Waals surface area (Å²) in [6, 6.07) is 0.333. The van der Waals surface area contributed by atoms with Crippen LogP contribution in [0.25, 0.3) is 0 Å². The first-order valence-corrected chi connectivity index (χ1v) is 6.44. The molecule has 1 unspecified atom stereocenters. The number of aliphatic imine (C=N–C) groups is 1. The fraction of sp³-hybridized carbons (Fsp3) is 0.846. The largest absolute Gasteiger partial charge is 0.359 e. The van der Waals surface area contributed by atoms with Crippen LogP contribution < -0.4 is 16.0 Å². The zero-order chi connectivity index (χ0) is 14.3. The number of hydrogen-bond donors (Lipinski definition) is 3. The molecule has 0 aliphatic carbocycles. The van der Waals surface area contributed by atoms with Crippen molar-refractivity contribution in [2.24, 2.45) is 16.3 Å². The summed E-state index contributed by atoms with van der Waals surface area (Å²) in [6.45, 7) is 10.8. The van der Waals surface area contributed by atoms with Crippen molar-refractivity contribution in [1.29, 1.82) is 0 Å². The summed E-state index contributed by atoms with van der Waals surface area (Å²) in [5, 5.41) is 9.16. The van der Waals surface area contributed by atoms with Crippen LogP contribution in [0.4, 0.5) is 0 Å². The Labute approximate surface area is 134 Å². The van der Waals surface area contributed by atoms with Crippen LogP contribution in [-0.4, -0.2) is 38.5 Å². The first-order valence-electron chi connectivity index (χ1n) is 6.44. The molecule has 5 nitrogen and oxygen atoms in total. The highest BCUT2D eigenvalue weighted by atomic mass is 127. The highest BCUT2D eigenvalue weighted by Gasteiger charge is 2.26. The minimum absolute atomic E-state index is 0. The maximum atomic E-state index is 11.7. The maximum absolute atomic E-state index is 11.7. The Morgan fingerprint density at radius 3 is 2.16 bits per heavy atom. The normalized spacial score (nSPS) is 13.6. The molecule has 1 amide bonds. The molecule has 0 saturated carbocycles. The lowest BCUT2D eigenvalue weighted by Gasteiger charge is -2.26. The van der Waals surface area contributed by atoms with Gasteiger partial charge in [0.05, 0.1) is 5.41 Å². The Kier molecular flexibility index (Phi) is 10.3. The fourth-order valence-corrected chi connectivity index (χ4v) is 1.30. The van der Waals surface area contributed by atoms with Crippen LogP contribution in [0, 0.1) is 11.3 Å². The summed E-state index contributed by atoms with van der Waals surface area (Å²) < 4.78 is 0. The van der Waals surface area contributed by atoms with Crippen LogP contribution in [0.2, 0.25) is 0 Å². The van der Waals surface area contributed by atoms with E-state index in [-0.39, 0.29) is 29.9 Å². The van der Waals surface area contributed by atoms with E-state index in [4.69, 9.17) is 0 Å². The Morgan fingerprint density at radius 2 is 1.79 bits per heavy atom. The van der Waals surface area contributed by atoms with Crippen molar-refractivity contribution < 1.29 is 4.79 Å². The van der Waals surface area contributed by atoms with Gasteiger partial charge in [-0.15, -0.1) is 24.0 Å². The average Bonchev–Trinajstić information content (AvgIpc) is 2.32. The van der Waals surface area contributed by atoms with E-state index in [0.717, 1.165) is 5.96 Å². The van der Waals surface area contributed by atoms with Gasteiger partial charge >= 0.3 is 0 Å². The number of guanidine groups is 1. The molecule has 1 atom stereocenters. The molecule has 3 N–H and O–H groups in total. The molecule has 0 aromatic rings. The molecule has 0 rings (SSSR count). The minimum atomic E-state index is -0.465. The van der Waals surface area contributed by atoms with E-state index in [1.807, 2.05) is 13.8 Å². The molecule has 0 fully saturated rings. The molecule has 0 saturated heterocycles. The second-order valence-electron chi connectivity index (χ2n) is 5.57. The summed E-state index contributed by atoms with van der Waals surface area (Å²) >= 11 is 0. The molecule has 0 spiro atoms. The van der Waals surface area contributed by atoms with Gasteiger partial charge in [-0.05, 0) is 26.7 Å². The van der Waals surface area contributed by atoms with E-state index >= 15 is 0 Å². The van der Waals surface area contributed by atoms with Crippen LogP contribution in [0.3, 0.4) is 0 Å². The van der Waals surface area contributed by atoms with E-state index in [2.05, 4.69) is 41.7 Å². The monoisotopic (exact) mass is 384 g/mol. The number of amides is 1.